The molecule has 2 heterocycles. The second kappa shape index (κ2) is 9.15. The summed E-state index contributed by atoms with van der Waals surface area (Å²) in [6, 6.07) is 21.2. The van der Waals surface area contributed by atoms with Gasteiger partial charge in [0.15, 0.2) is 11.9 Å². The van der Waals surface area contributed by atoms with E-state index in [1.165, 1.54) is 0 Å². The third-order valence-corrected chi connectivity index (χ3v) is 5.63. The number of hydrogen-bond acceptors (Lipinski definition) is 5. The van der Waals surface area contributed by atoms with E-state index in [-0.39, 0.29) is 23.7 Å². The number of ketones is 1. The lowest BCUT2D eigenvalue weighted by Crippen LogP contribution is -2.16. The van der Waals surface area contributed by atoms with Crippen LogP contribution in [0.15, 0.2) is 72.0 Å². The van der Waals surface area contributed by atoms with Gasteiger partial charge in [-0.05, 0) is 53.4 Å². The van der Waals surface area contributed by atoms with E-state index in [0.717, 1.165) is 28.1 Å². The van der Waals surface area contributed by atoms with E-state index in [1.54, 1.807) is 12.3 Å². The molecule has 1 aliphatic heterocycles. The van der Waals surface area contributed by atoms with Crippen molar-refractivity contribution in [3.8, 4) is 17.2 Å². The SMILES string of the molecule is CC(C)CC(=O)c1cc(C2=NO[C@H](c3ccccn3)[C@H]2C)cc(-c2ccccc2C#N)c1. The van der Waals surface area contributed by atoms with E-state index in [4.69, 9.17) is 4.84 Å². The molecular weight excluding hydrogens is 398 g/mol. The number of hydrogen-bond donors (Lipinski definition) is 0. The van der Waals surface area contributed by atoms with Crippen LogP contribution in [0.4, 0.5) is 0 Å². The van der Waals surface area contributed by atoms with Gasteiger partial charge in [-0.1, -0.05) is 50.2 Å². The lowest BCUT2D eigenvalue weighted by Gasteiger charge is -2.15. The van der Waals surface area contributed by atoms with Crippen molar-refractivity contribution in [3.05, 3.63) is 89.2 Å². The third kappa shape index (κ3) is 4.31. The predicted octanol–water partition coefficient (Wildman–Crippen LogP) is 5.96. The third-order valence-electron chi connectivity index (χ3n) is 5.63. The van der Waals surface area contributed by atoms with E-state index in [9.17, 15) is 10.1 Å². The number of carbonyl (C=O) groups excluding carboxylic acids is 1. The fraction of sp³-hybridized carbons (Fsp3) is 0.259. The molecule has 0 fully saturated rings. The maximum absolute atomic E-state index is 13.0. The number of rotatable bonds is 6. The minimum absolute atomic E-state index is 0.0422. The summed E-state index contributed by atoms with van der Waals surface area (Å²) in [6.07, 6.45) is 1.92. The minimum Gasteiger partial charge on any atom is -0.385 e. The van der Waals surface area contributed by atoms with E-state index >= 15 is 0 Å². The molecule has 0 saturated heterocycles. The molecule has 1 aromatic heterocycles. The van der Waals surface area contributed by atoms with Crippen molar-refractivity contribution in [2.45, 2.75) is 33.3 Å². The number of carbonyl (C=O) groups is 1. The van der Waals surface area contributed by atoms with Gasteiger partial charge in [-0.2, -0.15) is 5.26 Å². The Hall–Kier alpha value is -3.78. The largest absolute Gasteiger partial charge is 0.385 e. The Labute approximate surface area is 188 Å². The van der Waals surface area contributed by atoms with Gasteiger partial charge in [0.05, 0.1) is 23.0 Å². The normalized spacial score (nSPS) is 17.5. The second-order valence-corrected chi connectivity index (χ2v) is 8.52. The highest BCUT2D eigenvalue weighted by Crippen LogP contribution is 2.35. The molecule has 0 spiro atoms. The van der Waals surface area contributed by atoms with Gasteiger partial charge < -0.3 is 4.84 Å². The Kier molecular flexibility index (Phi) is 6.13. The van der Waals surface area contributed by atoms with Crippen LogP contribution in [-0.4, -0.2) is 16.5 Å². The van der Waals surface area contributed by atoms with Crippen LogP contribution in [0.1, 0.15) is 60.5 Å². The number of oxime groups is 1. The summed E-state index contributed by atoms with van der Waals surface area (Å²) in [5, 5.41) is 14.0. The highest BCUT2D eigenvalue weighted by atomic mass is 16.6. The van der Waals surface area contributed by atoms with Crippen molar-refractivity contribution in [2.24, 2.45) is 17.0 Å². The first kappa shape index (κ1) is 21.5. The van der Waals surface area contributed by atoms with Crippen LogP contribution < -0.4 is 0 Å². The zero-order chi connectivity index (χ0) is 22.7. The first-order valence-corrected chi connectivity index (χ1v) is 10.8. The average molecular weight is 424 g/mol. The van der Waals surface area contributed by atoms with E-state index < -0.39 is 0 Å². The van der Waals surface area contributed by atoms with Gasteiger partial charge in [-0.3, -0.25) is 9.78 Å². The van der Waals surface area contributed by atoms with Crippen molar-refractivity contribution in [2.75, 3.05) is 0 Å². The van der Waals surface area contributed by atoms with Crippen molar-refractivity contribution in [1.29, 1.82) is 5.26 Å². The fourth-order valence-corrected chi connectivity index (χ4v) is 4.01. The molecule has 0 radical (unpaired) electrons. The number of Topliss-reactive ketones (excluding diaryl/α,β-unsaturated/α-hetero) is 1. The summed E-state index contributed by atoms with van der Waals surface area (Å²) in [5.41, 5.74) is 5.22. The summed E-state index contributed by atoms with van der Waals surface area (Å²) in [6.45, 7) is 6.11. The summed E-state index contributed by atoms with van der Waals surface area (Å²) in [4.78, 5) is 23.2. The Morgan fingerprint density at radius 2 is 1.84 bits per heavy atom. The molecule has 0 N–H and O–H groups in total. The van der Waals surface area contributed by atoms with Crippen LogP contribution in [0.25, 0.3) is 11.1 Å². The molecule has 5 nitrogen and oxygen atoms in total. The molecule has 2 atom stereocenters. The predicted molar refractivity (Wildman–Crippen MR) is 124 cm³/mol. The van der Waals surface area contributed by atoms with Crippen molar-refractivity contribution in [3.63, 3.8) is 0 Å². The molecule has 4 rings (SSSR count). The van der Waals surface area contributed by atoms with Gasteiger partial charge in [0.1, 0.15) is 0 Å². The molecule has 0 amide bonds. The molecule has 2 aromatic carbocycles. The number of aromatic nitrogens is 1. The minimum atomic E-state index is -0.281. The van der Waals surface area contributed by atoms with Crippen LogP contribution >= 0.6 is 0 Å². The van der Waals surface area contributed by atoms with Gasteiger partial charge in [0.25, 0.3) is 0 Å². The summed E-state index contributed by atoms with van der Waals surface area (Å²) >= 11 is 0. The maximum Gasteiger partial charge on any atom is 0.177 e. The van der Waals surface area contributed by atoms with E-state index in [0.29, 0.717) is 17.5 Å². The van der Waals surface area contributed by atoms with Gasteiger partial charge in [0.2, 0.25) is 0 Å². The number of benzene rings is 2. The maximum atomic E-state index is 13.0. The van der Waals surface area contributed by atoms with Gasteiger partial charge in [-0.15, -0.1) is 0 Å². The van der Waals surface area contributed by atoms with Crippen LogP contribution in [0.3, 0.4) is 0 Å². The molecule has 0 aliphatic carbocycles. The van der Waals surface area contributed by atoms with E-state index in [1.807, 2.05) is 68.4 Å². The highest BCUT2D eigenvalue weighted by Gasteiger charge is 2.34. The van der Waals surface area contributed by atoms with E-state index in [2.05, 4.69) is 23.1 Å². The zero-order valence-electron chi connectivity index (χ0n) is 18.4. The first-order valence-electron chi connectivity index (χ1n) is 10.8. The lowest BCUT2D eigenvalue weighted by molar-refractivity contribution is 0.0621. The number of pyridine rings is 1. The number of nitrogens with zero attached hydrogens (tertiary/aromatic N) is 3. The van der Waals surface area contributed by atoms with Gasteiger partial charge in [-0.25, -0.2) is 0 Å². The topological polar surface area (TPSA) is 75.3 Å². The Balaban J connectivity index is 1.78. The van der Waals surface area contributed by atoms with Crippen LogP contribution in [0.5, 0.6) is 0 Å². The second-order valence-electron chi connectivity index (χ2n) is 8.52. The molecule has 0 saturated carbocycles. The molecule has 32 heavy (non-hydrogen) atoms. The smallest absolute Gasteiger partial charge is 0.177 e. The zero-order valence-corrected chi connectivity index (χ0v) is 18.4. The summed E-state index contributed by atoms with van der Waals surface area (Å²) < 4.78 is 0. The first-order chi connectivity index (χ1) is 15.5. The summed E-state index contributed by atoms with van der Waals surface area (Å²) in [7, 11) is 0. The molecule has 0 bridgehead atoms. The molecule has 3 aromatic rings. The molecule has 1 aliphatic rings. The fourth-order valence-electron chi connectivity index (χ4n) is 4.01. The van der Waals surface area contributed by atoms with Crippen molar-refractivity contribution >= 4 is 11.5 Å². The highest BCUT2D eigenvalue weighted by molar-refractivity contribution is 6.07. The molecule has 5 heteroatoms. The summed E-state index contributed by atoms with van der Waals surface area (Å²) in [5.74, 6) is 0.283. The van der Waals surface area contributed by atoms with Crippen LogP contribution in [-0.2, 0) is 4.84 Å². The molecular formula is C27H25N3O2. The number of nitriles is 1. The molecule has 0 unspecified atom stereocenters. The van der Waals surface area contributed by atoms with Crippen LogP contribution in [0.2, 0.25) is 0 Å². The standard InChI is InChI=1S/C27H25N3O2/c1-17(2)12-25(31)21-13-20(23-9-5-4-8-19(23)16-28)14-22(15-21)26-18(3)27(32-30-26)24-10-6-7-11-29-24/h4-11,13-15,17-18,27H,12H2,1-3H3/t18-,27-/m0/s1. The Morgan fingerprint density at radius 3 is 2.56 bits per heavy atom. The van der Waals surface area contributed by atoms with Crippen LogP contribution in [0, 0.1) is 23.2 Å². The lowest BCUT2D eigenvalue weighted by atomic mass is 9.87. The van der Waals surface area contributed by atoms with Crippen molar-refractivity contribution < 1.29 is 9.63 Å². The van der Waals surface area contributed by atoms with Gasteiger partial charge >= 0.3 is 0 Å². The average Bonchev–Trinajstić information content (AvgIpc) is 3.20. The Morgan fingerprint density at radius 1 is 1.09 bits per heavy atom. The van der Waals surface area contributed by atoms with Gasteiger partial charge in [0, 0.05) is 29.7 Å². The quantitative estimate of drug-likeness (QED) is 0.458. The Bertz CT molecular complexity index is 1210. The monoisotopic (exact) mass is 423 g/mol. The molecule has 160 valence electrons. The van der Waals surface area contributed by atoms with Crippen molar-refractivity contribution in [1.82, 2.24) is 4.98 Å².